The van der Waals surface area contributed by atoms with Crippen molar-refractivity contribution >= 4 is 5.97 Å². The van der Waals surface area contributed by atoms with E-state index < -0.39 is 24.0 Å². The lowest BCUT2D eigenvalue weighted by atomic mass is 9.58. The van der Waals surface area contributed by atoms with Crippen LogP contribution < -0.4 is 17.0 Å². The minimum absolute atomic E-state index is 0. The monoisotopic (exact) mass is 765 g/mol. The average Bonchev–Trinajstić information content (AvgIpc) is 3.32. The molecule has 9 heteroatoms. The molecule has 5 fully saturated rings. The molecule has 6 rings (SSSR count). The van der Waals surface area contributed by atoms with Crippen LogP contribution in [0.25, 0.3) is 0 Å². The maximum absolute atomic E-state index is 12.8. The molecule has 8 atom stereocenters. The van der Waals surface area contributed by atoms with E-state index in [0.29, 0.717) is 30.6 Å². The number of esters is 1. The van der Waals surface area contributed by atoms with Crippen molar-refractivity contribution in [3.8, 4) is 0 Å². The molecule has 5 aliphatic rings. The molecule has 1 aliphatic carbocycles. The predicted octanol–water partition coefficient (Wildman–Crippen LogP) is 6.35. The quantitative estimate of drug-likeness (QED) is 0.0664. The van der Waals surface area contributed by atoms with Crippen LogP contribution >= 0.6 is 0 Å². The Labute approximate surface area is 313 Å². The van der Waals surface area contributed by atoms with E-state index in [2.05, 4.69) is 34.9 Å². The molecule has 0 aromatic heterocycles. The van der Waals surface area contributed by atoms with Crippen molar-refractivity contribution < 1.29 is 55.0 Å². The highest BCUT2D eigenvalue weighted by molar-refractivity contribution is 5.89. The third-order valence-corrected chi connectivity index (χ3v) is 12.2. The average molecular weight is 767 g/mol. The summed E-state index contributed by atoms with van der Waals surface area (Å²) < 4.78 is 26.0. The molecule has 8 nitrogen and oxygen atoms in total. The standard InChI is InChI=1S/C41H68NO7.BrH/c1-7-8-9-10-11-12-13-14-15-16-17-18-27-42(5,6)28-29-44-37(43)34-22-20-33(21-23-34)30-45-38-32(3)36-24-19-31(2)35-25-26-40(4)47-39(46-38)41(35,36)49-48-40;/h20-23,31-32,35-36,38-39H,7-19,24-30H2,1-6H3;1H/q+1;/p-1/t31-,32-,35+,36+,38?,39-,40+,41-;/m1./s1. The van der Waals surface area contributed by atoms with Gasteiger partial charge in [0.2, 0.25) is 5.79 Å². The summed E-state index contributed by atoms with van der Waals surface area (Å²) in [6.07, 6.45) is 19.4. The largest absolute Gasteiger partial charge is 1.00 e. The van der Waals surface area contributed by atoms with Gasteiger partial charge in [-0.1, -0.05) is 97.1 Å². The molecule has 1 aromatic rings. The third-order valence-electron chi connectivity index (χ3n) is 12.2. The molecule has 1 spiro atoms. The van der Waals surface area contributed by atoms with Gasteiger partial charge in [0.25, 0.3) is 0 Å². The fourth-order valence-corrected chi connectivity index (χ4v) is 8.94. The molecule has 4 saturated heterocycles. The zero-order valence-corrected chi connectivity index (χ0v) is 33.7. The molecular formula is C41H68BrNO7. The molecule has 4 aliphatic heterocycles. The molecule has 1 aromatic carbocycles. The first-order valence-electron chi connectivity index (χ1n) is 20.0. The molecule has 0 amide bonds. The van der Waals surface area contributed by atoms with E-state index in [0.717, 1.165) is 48.8 Å². The van der Waals surface area contributed by atoms with Crippen LogP contribution in [0.1, 0.15) is 146 Å². The van der Waals surface area contributed by atoms with Gasteiger partial charge < -0.3 is 40.4 Å². The van der Waals surface area contributed by atoms with E-state index in [1.807, 2.05) is 31.2 Å². The SMILES string of the molecule is CCCCCCCCCCCCCC[N+](C)(C)CCOC(=O)c1ccc(COC2O[C@@H]3O[C@]4(C)CC[C@H]5[C@H](C)CC[C@@H]([C@H]2C)[C@@]35OO4)cc1.[Br-]. The summed E-state index contributed by atoms with van der Waals surface area (Å²) >= 11 is 0. The molecule has 50 heavy (non-hydrogen) atoms. The number of carbonyl (C=O) groups excluding carboxylic acids is 1. The lowest BCUT2D eigenvalue weighted by molar-refractivity contribution is -0.890. The molecule has 4 heterocycles. The number of unbranched alkanes of at least 4 members (excludes halogenated alkanes) is 11. The number of fused-ring (bicyclic) bond motifs is 2. The highest BCUT2D eigenvalue weighted by Crippen LogP contribution is 2.60. The maximum atomic E-state index is 12.8. The number of hydrogen-bond donors (Lipinski definition) is 0. The Balaban J connectivity index is 0.00000562. The van der Waals surface area contributed by atoms with Gasteiger partial charge in [0.05, 0.1) is 32.8 Å². The number of quaternary nitrogens is 1. The topological polar surface area (TPSA) is 72.5 Å². The van der Waals surface area contributed by atoms with Crippen LogP contribution in [0.5, 0.6) is 0 Å². The van der Waals surface area contributed by atoms with E-state index >= 15 is 0 Å². The van der Waals surface area contributed by atoms with Crippen LogP contribution in [0.3, 0.4) is 0 Å². The lowest BCUT2D eigenvalue weighted by Gasteiger charge is -2.60. The number of hydrogen-bond acceptors (Lipinski definition) is 7. The summed E-state index contributed by atoms with van der Waals surface area (Å²) in [5.41, 5.74) is 0.961. The molecule has 0 N–H and O–H groups in total. The lowest BCUT2D eigenvalue weighted by Crippen LogP contribution is -3.00. The van der Waals surface area contributed by atoms with E-state index in [9.17, 15) is 4.79 Å². The van der Waals surface area contributed by atoms with E-state index in [1.165, 1.54) is 77.0 Å². The van der Waals surface area contributed by atoms with Crippen LogP contribution in [-0.4, -0.2) is 68.2 Å². The van der Waals surface area contributed by atoms with Crippen LogP contribution in [0.2, 0.25) is 0 Å². The molecule has 1 saturated carbocycles. The Morgan fingerprint density at radius 2 is 1.48 bits per heavy atom. The van der Waals surface area contributed by atoms with E-state index in [1.54, 1.807) is 0 Å². The second-order valence-corrected chi connectivity index (χ2v) is 16.7. The number of rotatable bonds is 20. The normalized spacial score (nSPS) is 31.8. The van der Waals surface area contributed by atoms with Gasteiger partial charge in [0.1, 0.15) is 13.2 Å². The van der Waals surface area contributed by atoms with Crippen molar-refractivity contribution in [2.24, 2.45) is 23.7 Å². The Hall–Kier alpha value is -1.07. The summed E-state index contributed by atoms with van der Waals surface area (Å²) in [6.45, 7) is 11.5. The summed E-state index contributed by atoms with van der Waals surface area (Å²) in [5, 5.41) is 0. The minimum Gasteiger partial charge on any atom is -1.00 e. The van der Waals surface area contributed by atoms with Crippen molar-refractivity contribution in [3.63, 3.8) is 0 Å². The maximum Gasteiger partial charge on any atom is 0.338 e. The van der Waals surface area contributed by atoms with Crippen molar-refractivity contribution in [3.05, 3.63) is 35.4 Å². The fraction of sp³-hybridized carbons (Fsp3) is 0.829. The van der Waals surface area contributed by atoms with Crippen molar-refractivity contribution in [2.75, 3.05) is 33.8 Å². The van der Waals surface area contributed by atoms with Crippen LogP contribution in [0.4, 0.5) is 0 Å². The number of benzene rings is 1. The number of halogens is 1. The first-order chi connectivity index (χ1) is 23.6. The Morgan fingerprint density at radius 3 is 2.14 bits per heavy atom. The van der Waals surface area contributed by atoms with Gasteiger partial charge >= 0.3 is 5.97 Å². The van der Waals surface area contributed by atoms with Gasteiger partial charge in [-0.15, -0.1) is 0 Å². The fourth-order valence-electron chi connectivity index (χ4n) is 8.94. The first-order valence-corrected chi connectivity index (χ1v) is 20.0. The highest BCUT2D eigenvalue weighted by atomic mass is 79.9. The molecule has 0 radical (unpaired) electrons. The van der Waals surface area contributed by atoms with Gasteiger partial charge in [0.15, 0.2) is 18.2 Å². The van der Waals surface area contributed by atoms with Gasteiger partial charge in [-0.05, 0) is 68.6 Å². The zero-order chi connectivity index (χ0) is 34.9. The molecule has 286 valence electrons. The van der Waals surface area contributed by atoms with Crippen LogP contribution in [0.15, 0.2) is 24.3 Å². The van der Waals surface area contributed by atoms with Gasteiger partial charge in [0, 0.05) is 18.3 Å². The molecule has 1 unspecified atom stereocenters. The predicted molar refractivity (Wildman–Crippen MR) is 191 cm³/mol. The van der Waals surface area contributed by atoms with E-state index in [-0.39, 0.29) is 34.8 Å². The van der Waals surface area contributed by atoms with Gasteiger partial charge in [-0.2, -0.15) is 0 Å². The Morgan fingerprint density at radius 1 is 0.840 bits per heavy atom. The molecule has 2 bridgehead atoms. The smallest absolute Gasteiger partial charge is 0.338 e. The number of ether oxygens (including phenoxy) is 4. The van der Waals surface area contributed by atoms with Crippen molar-refractivity contribution in [1.82, 2.24) is 0 Å². The van der Waals surface area contributed by atoms with Crippen molar-refractivity contribution in [1.29, 1.82) is 0 Å². The Kier molecular flexibility index (Phi) is 16.1. The summed E-state index contributed by atoms with van der Waals surface area (Å²) in [7, 11) is 4.47. The van der Waals surface area contributed by atoms with Gasteiger partial charge in [-0.25, -0.2) is 14.6 Å². The minimum atomic E-state index is -0.798. The zero-order valence-electron chi connectivity index (χ0n) is 32.1. The summed E-state index contributed by atoms with van der Waals surface area (Å²) in [4.78, 5) is 25.0. The Bertz CT molecular complexity index is 1170. The second-order valence-electron chi connectivity index (χ2n) is 16.7. The number of carbonyl (C=O) groups is 1. The number of nitrogens with zero attached hydrogens (tertiary/aromatic N) is 1. The molecular weight excluding hydrogens is 698 g/mol. The summed E-state index contributed by atoms with van der Waals surface area (Å²) in [6, 6.07) is 7.56. The third kappa shape index (κ3) is 10.5. The van der Waals surface area contributed by atoms with Crippen LogP contribution in [-0.2, 0) is 35.3 Å². The highest BCUT2D eigenvalue weighted by Gasteiger charge is 2.69. The second kappa shape index (κ2) is 19.3. The van der Waals surface area contributed by atoms with Crippen LogP contribution in [0, 0.1) is 23.7 Å². The first kappa shape index (κ1) is 41.7. The number of likely N-dealkylation sites (N-methyl/N-ethyl adjacent to an activating group) is 1. The summed E-state index contributed by atoms with van der Waals surface area (Å²) in [5.74, 6) is 0.140. The van der Waals surface area contributed by atoms with Crippen molar-refractivity contribution in [2.45, 2.75) is 161 Å². The van der Waals surface area contributed by atoms with E-state index in [4.69, 9.17) is 28.7 Å². The van der Waals surface area contributed by atoms with Gasteiger partial charge in [-0.3, -0.25) is 0 Å².